The quantitative estimate of drug-likeness (QED) is 0.450. The average Bonchev–Trinajstić information content (AvgIpc) is 3.21. The second kappa shape index (κ2) is 8.21. The number of amides is 1. The van der Waals surface area contributed by atoms with Crippen LogP contribution in [0.2, 0.25) is 0 Å². The van der Waals surface area contributed by atoms with Crippen LogP contribution in [0.3, 0.4) is 0 Å². The van der Waals surface area contributed by atoms with Crippen LogP contribution in [-0.4, -0.2) is 50.5 Å². The minimum Gasteiger partial charge on any atom is -0.497 e. The zero-order valence-electron chi connectivity index (χ0n) is 16.0. The Bertz CT molecular complexity index is 999. The van der Waals surface area contributed by atoms with Crippen LogP contribution in [0.25, 0.3) is 5.95 Å². The van der Waals surface area contributed by atoms with Gasteiger partial charge in [0.25, 0.3) is 5.95 Å². The number of nitrogens with zero attached hydrogens (tertiary/aromatic N) is 5. The van der Waals surface area contributed by atoms with Gasteiger partial charge in [-0.05, 0) is 32.0 Å². The summed E-state index contributed by atoms with van der Waals surface area (Å²) in [6.07, 6.45) is 0. The third kappa shape index (κ3) is 4.03. The molecule has 28 heavy (non-hydrogen) atoms. The number of rotatable bonds is 7. The summed E-state index contributed by atoms with van der Waals surface area (Å²) in [5.41, 5.74) is 2.28. The first-order chi connectivity index (χ1) is 13.4. The maximum Gasteiger partial charge on any atom is 0.271 e. The van der Waals surface area contributed by atoms with Crippen LogP contribution in [0.15, 0.2) is 29.4 Å². The summed E-state index contributed by atoms with van der Waals surface area (Å²) in [5.74, 6) is 7.46. The van der Waals surface area contributed by atoms with Crippen molar-refractivity contribution in [2.45, 2.75) is 19.0 Å². The number of methoxy groups -OCH3 is 2. The number of carbonyl (C=O) groups excluding carboxylic acids is 1. The number of benzene rings is 1. The van der Waals surface area contributed by atoms with Crippen molar-refractivity contribution < 1.29 is 14.3 Å². The summed E-state index contributed by atoms with van der Waals surface area (Å²) in [6.45, 7) is 3.78. The molecule has 0 atom stereocenters. The molecule has 2 heterocycles. The number of carbonyl (C=O) groups is 1. The molecule has 10 nitrogen and oxygen atoms in total. The molecule has 0 aliphatic heterocycles. The van der Waals surface area contributed by atoms with Crippen molar-refractivity contribution >= 4 is 23.4 Å². The maximum atomic E-state index is 12.3. The van der Waals surface area contributed by atoms with E-state index in [1.807, 2.05) is 19.9 Å². The summed E-state index contributed by atoms with van der Waals surface area (Å²) in [7, 11) is 3.09. The van der Waals surface area contributed by atoms with E-state index in [0.29, 0.717) is 28.3 Å². The number of aromatic nitrogens is 5. The highest BCUT2D eigenvalue weighted by molar-refractivity contribution is 7.99. The minimum atomic E-state index is -0.232. The summed E-state index contributed by atoms with van der Waals surface area (Å²) < 4.78 is 13.3. The summed E-state index contributed by atoms with van der Waals surface area (Å²) in [4.78, 5) is 12.3. The number of nitrogen functional groups attached to an aromatic ring is 1. The van der Waals surface area contributed by atoms with Gasteiger partial charge < -0.3 is 20.6 Å². The van der Waals surface area contributed by atoms with E-state index in [1.54, 1.807) is 30.0 Å². The Morgan fingerprint density at radius 3 is 2.64 bits per heavy atom. The fourth-order valence-corrected chi connectivity index (χ4v) is 3.21. The van der Waals surface area contributed by atoms with E-state index in [1.165, 1.54) is 23.5 Å². The van der Waals surface area contributed by atoms with Crippen molar-refractivity contribution in [1.82, 2.24) is 24.7 Å². The molecule has 0 unspecified atom stereocenters. The first-order valence-electron chi connectivity index (χ1n) is 8.31. The third-order valence-corrected chi connectivity index (χ3v) is 4.80. The van der Waals surface area contributed by atoms with Crippen LogP contribution in [0, 0.1) is 13.8 Å². The highest BCUT2D eigenvalue weighted by Gasteiger charge is 2.16. The molecule has 1 aromatic carbocycles. The van der Waals surface area contributed by atoms with E-state index in [2.05, 4.69) is 20.6 Å². The lowest BCUT2D eigenvalue weighted by Crippen LogP contribution is -2.19. The Kier molecular flexibility index (Phi) is 5.73. The summed E-state index contributed by atoms with van der Waals surface area (Å²) >= 11 is 1.17. The number of nitrogens with two attached hydrogens (primary N) is 1. The highest BCUT2D eigenvalue weighted by Crippen LogP contribution is 2.29. The molecule has 3 N–H and O–H groups in total. The number of thioether (sulfide) groups is 1. The van der Waals surface area contributed by atoms with E-state index in [-0.39, 0.29) is 11.7 Å². The lowest BCUT2D eigenvalue weighted by molar-refractivity contribution is -0.113. The summed E-state index contributed by atoms with van der Waals surface area (Å²) in [6, 6.07) is 7.06. The normalized spacial score (nSPS) is 10.7. The van der Waals surface area contributed by atoms with Gasteiger partial charge in [0, 0.05) is 11.8 Å². The standard InChI is InChI=1S/C17H21N7O3S/c1-10-7-11(2)24(22-10)16-20-21-17(23(16)18)28-9-15(25)19-13-6-5-12(26-3)8-14(13)27-4/h5-8H,9,18H2,1-4H3,(H,19,25). The SMILES string of the molecule is COc1ccc(NC(=O)CSc2nnc(-n3nc(C)cc3C)n2N)c(OC)c1. The minimum absolute atomic E-state index is 0.0988. The maximum absolute atomic E-state index is 12.3. The van der Waals surface area contributed by atoms with Gasteiger partial charge in [-0.2, -0.15) is 5.10 Å². The first-order valence-corrected chi connectivity index (χ1v) is 9.30. The number of nitrogens with one attached hydrogen (secondary N) is 1. The van der Waals surface area contributed by atoms with Gasteiger partial charge >= 0.3 is 0 Å². The van der Waals surface area contributed by atoms with Crippen molar-refractivity contribution in [2.24, 2.45) is 0 Å². The summed E-state index contributed by atoms with van der Waals surface area (Å²) in [5, 5.41) is 15.7. The molecule has 0 saturated carbocycles. The van der Waals surface area contributed by atoms with Crippen LogP contribution in [0.5, 0.6) is 11.5 Å². The van der Waals surface area contributed by atoms with Crippen LogP contribution >= 0.6 is 11.8 Å². The van der Waals surface area contributed by atoms with E-state index < -0.39 is 0 Å². The van der Waals surface area contributed by atoms with Gasteiger partial charge in [-0.3, -0.25) is 4.79 Å². The molecule has 0 spiro atoms. The van der Waals surface area contributed by atoms with Crippen molar-refractivity contribution in [2.75, 3.05) is 31.1 Å². The highest BCUT2D eigenvalue weighted by atomic mass is 32.2. The molecular formula is C17H21N7O3S. The smallest absolute Gasteiger partial charge is 0.271 e. The second-order valence-corrected chi connectivity index (χ2v) is 6.84. The topological polar surface area (TPSA) is 122 Å². The number of anilines is 1. The third-order valence-electron chi connectivity index (χ3n) is 3.86. The van der Waals surface area contributed by atoms with E-state index >= 15 is 0 Å². The number of hydrogen-bond acceptors (Lipinski definition) is 8. The molecule has 1 amide bonds. The van der Waals surface area contributed by atoms with Crippen LogP contribution in [0.4, 0.5) is 5.69 Å². The van der Waals surface area contributed by atoms with Crippen LogP contribution in [0.1, 0.15) is 11.4 Å². The largest absolute Gasteiger partial charge is 0.497 e. The molecule has 0 fully saturated rings. The molecule has 0 bridgehead atoms. The van der Waals surface area contributed by atoms with Gasteiger partial charge in [-0.15, -0.1) is 10.2 Å². The fraction of sp³-hybridized carbons (Fsp3) is 0.294. The van der Waals surface area contributed by atoms with Gasteiger partial charge in [0.1, 0.15) is 11.5 Å². The van der Waals surface area contributed by atoms with Gasteiger partial charge in [0.05, 0.1) is 31.4 Å². The molecule has 3 rings (SSSR count). The Morgan fingerprint density at radius 2 is 2.00 bits per heavy atom. The molecule has 0 radical (unpaired) electrons. The van der Waals surface area contributed by atoms with E-state index in [4.69, 9.17) is 15.3 Å². The Labute approximate surface area is 166 Å². The molecule has 2 aromatic heterocycles. The van der Waals surface area contributed by atoms with Gasteiger partial charge in [0.15, 0.2) is 0 Å². The lowest BCUT2D eigenvalue weighted by Gasteiger charge is -2.11. The predicted molar refractivity (Wildman–Crippen MR) is 106 cm³/mol. The Balaban J connectivity index is 1.66. The molecule has 148 valence electrons. The van der Waals surface area contributed by atoms with Gasteiger partial charge in [-0.1, -0.05) is 11.8 Å². The Morgan fingerprint density at radius 1 is 1.21 bits per heavy atom. The molecule has 3 aromatic rings. The molecular weight excluding hydrogens is 382 g/mol. The first kappa shape index (κ1) is 19.5. The zero-order chi connectivity index (χ0) is 20.3. The van der Waals surface area contributed by atoms with Crippen molar-refractivity contribution in [1.29, 1.82) is 0 Å². The van der Waals surface area contributed by atoms with Crippen LogP contribution in [-0.2, 0) is 4.79 Å². The average molecular weight is 403 g/mol. The monoisotopic (exact) mass is 403 g/mol. The lowest BCUT2D eigenvalue weighted by atomic mass is 10.2. The molecule has 11 heteroatoms. The molecule has 0 aliphatic carbocycles. The van der Waals surface area contributed by atoms with Crippen LogP contribution < -0.4 is 20.6 Å². The molecule has 0 saturated heterocycles. The number of hydrogen-bond donors (Lipinski definition) is 2. The van der Waals surface area contributed by atoms with Gasteiger partial charge in [0.2, 0.25) is 11.1 Å². The number of aryl methyl sites for hydroxylation is 2. The zero-order valence-corrected chi connectivity index (χ0v) is 16.8. The van der Waals surface area contributed by atoms with Crippen molar-refractivity contribution in [3.05, 3.63) is 35.7 Å². The second-order valence-electron chi connectivity index (χ2n) is 5.89. The Hall–Kier alpha value is -3.21. The number of ether oxygens (including phenoxy) is 2. The van der Waals surface area contributed by atoms with Crippen molar-refractivity contribution in [3.8, 4) is 17.4 Å². The van der Waals surface area contributed by atoms with E-state index in [0.717, 1.165) is 11.4 Å². The van der Waals surface area contributed by atoms with Crippen molar-refractivity contribution in [3.63, 3.8) is 0 Å². The molecule has 0 aliphatic rings. The predicted octanol–water partition coefficient (Wildman–Crippen LogP) is 1.54. The van der Waals surface area contributed by atoms with E-state index in [9.17, 15) is 4.79 Å². The fourth-order valence-electron chi connectivity index (χ4n) is 2.56. The van der Waals surface area contributed by atoms with Gasteiger partial charge in [-0.25, -0.2) is 9.36 Å².